The Morgan fingerprint density at radius 3 is 1.80 bits per heavy atom. The average Bonchev–Trinajstić information content (AvgIpc) is 3.58. The molecule has 2 heterocycles. The van der Waals surface area contributed by atoms with E-state index in [0.29, 0.717) is 11.1 Å². The van der Waals surface area contributed by atoms with Gasteiger partial charge in [-0.1, -0.05) is 48.5 Å². The molecular formula is C27H30N2O6. The van der Waals surface area contributed by atoms with E-state index in [4.69, 9.17) is 9.47 Å². The molecule has 0 spiro atoms. The molecule has 2 aromatic rings. The SMILES string of the molecule is CN1CCC[C@H]1C(=O)OCC(=O)c1ccc(-c2ccc(C(=O)COC(=O)[C@@H]3CCCN3)cc2)cc1. The summed E-state index contributed by atoms with van der Waals surface area (Å²) in [5.41, 5.74) is 2.68. The number of nitrogens with zero attached hydrogens (tertiary/aromatic N) is 1. The van der Waals surface area contributed by atoms with Crippen molar-refractivity contribution in [2.45, 2.75) is 37.8 Å². The molecule has 4 rings (SSSR count). The highest BCUT2D eigenvalue weighted by atomic mass is 16.5. The van der Waals surface area contributed by atoms with E-state index in [1.54, 1.807) is 24.3 Å². The van der Waals surface area contributed by atoms with Gasteiger partial charge in [0, 0.05) is 11.1 Å². The fourth-order valence-corrected chi connectivity index (χ4v) is 4.43. The van der Waals surface area contributed by atoms with Gasteiger partial charge in [0.25, 0.3) is 0 Å². The van der Waals surface area contributed by atoms with Crippen molar-refractivity contribution in [3.05, 3.63) is 59.7 Å². The van der Waals surface area contributed by atoms with Crippen LogP contribution in [0.2, 0.25) is 0 Å². The van der Waals surface area contributed by atoms with Crippen LogP contribution < -0.4 is 5.32 Å². The van der Waals surface area contributed by atoms with Crippen molar-refractivity contribution >= 4 is 23.5 Å². The number of hydrogen-bond donors (Lipinski definition) is 1. The topological polar surface area (TPSA) is 102 Å². The summed E-state index contributed by atoms with van der Waals surface area (Å²) < 4.78 is 10.4. The molecule has 0 aliphatic carbocycles. The lowest BCUT2D eigenvalue weighted by Gasteiger charge is -2.17. The van der Waals surface area contributed by atoms with Gasteiger partial charge in [0.1, 0.15) is 12.1 Å². The van der Waals surface area contributed by atoms with Gasteiger partial charge in [-0.05, 0) is 56.9 Å². The maximum absolute atomic E-state index is 12.4. The standard InChI is InChI=1S/C27H30N2O6/c1-29-15-3-5-23(29)27(33)35-17-25(31)21-12-8-19(9-13-21)18-6-10-20(11-7-18)24(30)16-34-26(32)22-4-2-14-28-22/h6-13,22-23,28H,2-5,14-17H2,1H3/t22-,23-/m0/s1. The molecule has 184 valence electrons. The predicted octanol–water partition coefficient (Wildman–Crippen LogP) is 2.65. The quantitative estimate of drug-likeness (QED) is 0.434. The first-order valence-corrected chi connectivity index (χ1v) is 12.0. The predicted molar refractivity (Wildman–Crippen MR) is 129 cm³/mol. The zero-order valence-corrected chi connectivity index (χ0v) is 19.8. The Hall–Kier alpha value is -3.36. The third kappa shape index (κ3) is 6.21. The highest BCUT2D eigenvalue weighted by Gasteiger charge is 2.29. The van der Waals surface area contributed by atoms with Crippen LogP contribution in [0.4, 0.5) is 0 Å². The Balaban J connectivity index is 1.28. The van der Waals surface area contributed by atoms with E-state index >= 15 is 0 Å². The van der Waals surface area contributed by atoms with Crippen LogP contribution in [0.25, 0.3) is 11.1 Å². The van der Waals surface area contributed by atoms with Crippen LogP contribution in [0.15, 0.2) is 48.5 Å². The highest BCUT2D eigenvalue weighted by Crippen LogP contribution is 2.21. The van der Waals surface area contributed by atoms with Crippen molar-refractivity contribution < 1.29 is 28.7 Å². The number of carbonyl (C=O) groups is 4. The number of nitrogens with one attached hydrogen (secondary N) is 1. The van der Waals surface area contributed by atoms with Crippen molar-refractivity contribution in [1.29, 1.82) is 0 Å². The number of Topliss-reactive ketones (excluding diaryl/α,β-unsaturated/α-hetero) is 2. The van der Waals surface area contributed by atoms with Crippen LogP contribution in [-0.4, -0.2) is 73.8 Å². The van der Waals surface area contributed by atoms with Crippen molar-refractivity contribution in [1.82, 2.24) is 10.2 Å². The van der Waals surface area contributed by atoms with Gasteiger partial charge < -0.3 is 14.8 Å². The van der Waals surface area contributed by atoms with Crippen molar-refractivity contribution in [3.8, 4) is 11.1 Å². The van der Waals surface area contributed by atoms with E-state index in [0.717, 1.165) is 49.9 Å². The van der Waals surface area contributed by atoms with Crippen molar-refractivity contribution in [2.75, 3.05) is 33.4 Å². The van der Waals surface area contributed by atoms with Crippen LogP contribution >= 0.6 is 0 Å². The first-order chi connectivity index (χ1) is 16.9. The van der Waals surface area contributed by atoms with Crippen LogP contribution in [0.1, 0.15) is 46.4 Å². The number of ether oxygens (including phenoxy) is 2. The normalized spacial score (nSPS) is 19.9. The van der Waals surface area contributed by atoms with Gasteiger partial charge >= 0.3 is 11.9 Å². The molecular weight excluding hydrogens is 448 g/mol. The lowest BCUT2D eigenvalue weighted by atomic mass is 10.0. The van der Waals surface area contributed by atoms with Crippen molar-refractivity contribution in [2.24, 2.45) is 0 Å². The van der Waals surface area contributed by atoms with Gasteiger partial charge in [-0.15, -0.1) is 0 Å². The largest absolute Gasteiger partial charge is 0.456 e. The molecule has 2 aliphatic heterocycles. The van der Waals surface area contributed by atoms with E-state index in [1.165, 1.54) is 0 Å². The maximum Gasteiger partial charge on any atom is 0.323 e. The van der Waals surface area contributed by atoms with E-state index < -0.39 is 0 Å². The van der Waals surface area contributed by atoms with Gasteiger partial charge in [0.15, 0.2) is 24.8 Å². The zero-order valence-electron chi connectivity index (χ0n) is 19.8. The number of likely N-dealkylation sites (tertiary alicyclic amines) is 1. The number of rotatable bonds is 9. The second-order valence-electron chi connectivity index (χ2n) is 9.00. The monoisotopic (exact) mass is 478 g/mol. The minimum atomic E-state index is -0.386. The third-order valence-electron chi connectivity index (χ3n) is 6.58. The van der Waals surface area contributed by atoms with E-state index in [2.05, 4.69) is 5.32 Å². The molecule has 8 nitrogen and oxygen atoms in total. The number of benzene rings is 2. The third-order valence-corrected chi connectivity index (χ3v) is 6.58. The molecule has 1 N–H and O–H groups in total. The molecule has 0 bridgehead atoms. The Bertz CT molecular complexity index is 1070. The van der Waals surface area contributed by atoms with Gasteiger partial charge in [-0.2, -0.15) is 0 Å². The molecule has 2 aromatic carbocycles. The molecule has 35 heavy (non-hydrogen) atoms. The maximum atomic E-state index is 12.4. The molecule has 0 unspecified atom stereocenters. The Morgan fingerprint density at radius 1 is 0.800 bits per heavy atom. The van der Waals surface area contributed by atoms with Gasteiger partial charge in [0.05, 0.1) is 0 Å². The molecule has 0 saturated carbocycles. The minimum absolute atomic E-state index is 0.256. The van der Waals surface area contributed by atoms with Gasteiger partial charge in [-0.25, -0.2) is 0 Å². The van der Waals surface area contributed by atoms with Crippen LogP contribution in [-0.2, 0) is 19.1 Å². The summed E-state index contributed by atoms with van der Waals surface area (Å²) in [6, 6.07) is 13.4. The molecule has 0 amide bonds. The van der Waals surface area contributed by atoms with Crippen LogP contribution in [0.3, 0.4) is 0 Å². The summed E-state index contributed by atoms with van der Waals surface area (Å²) in [7, 11) is 1.88. The second-order valence-corrected chi connectivity index (χ2v) is 9.00. The summed E-state index contributed by atoms with van der Waals surface area (Å²) in [5.74, 6) is -1.26. The van der Waals surface area contributed by atoms with Crippen LogP contribution in [0.5, 0.6) is 0 Å². The molecule has 2 aliphatic rings. The number of esters is 2. The number of ketones is 2. The average molecular weight is 479 g/mol. The first kappa shape index (κ1) is 24.8. The summed E-state index contributed by atoms with van der Waals surface area (Å²) in [6.07, 6.45) is 3.36. The Morgan fingerprint density at radius 2 is 1.34 bits per heavy atom. The summed E-state index contributed by atoms with van der Waals surface area (Å²) in [6.45, 7) is 1.08. The lowest BCUT2D eigenvalue weighted by Crippen LogP contribution is -2.35. The second kappa shape index (κ2) is 11.4. The molecule has 2 atom stereocenters. The smallest absolute Gasteiger partial charge is 0.323 e. The summed E-state index contributed by atoms with van der Waals surface area (Å²) >= 11 is 0. The number of carbonyl (C=O) groups excluding carboxylic acids is 4. The molecule has 0 aromatic heterocycles. The summed E-state index contributed by atoms with van der Waals surface area (Å²) in [4.78, 5) is 50.9. The molecule has 2 saturated heterocycles. The molecule has 8 heteroatoms. The minimum Gasteiger partial charge on any atom is -0.456 e. The highest BCUT2D eigenvalue weighted by molar-refractivity contribution is 5.99. The van der Waals surface area contributed by atoms with E-state index in [9.17, 15) is 19.2 Å². The Labute approximate surface area is 204 Å². The fourth-order valence-electron chi connectivity index (χ4n) is 4.43. The molecule has 0 radical (unpaired) electrons. The number of likely N-dealkylation sites (N-methyl/N-ethyl adjacent to an activating group) is 1. The van der Waals surface area contributed by atoms with E-state index in [-0.39, 0.29) is 48.8 Å². The first-order valence-electron chi connectivity index (χ1n) is 12.0. The van der Waals surface area contributed by atoms with Gasteiger partial charge in [-0.3, -0.25) is 24.1 Å². The lowest BCUT2D eigenvalue weighted by molar-refractivity contribution is -0.147. The van der Waals surface area contributed by atoms with Crippen LogP contribution in [0, 0.1) is 0 Å². The zero-order chi connectivity index (χ0) is 24.8. The summed E-state index contributed by atoms with van der Waals surface area (Å²) in [5, 5.41) is 3.05. The molecule has 2 fully saturated rings. The van der Waals surface area contributed by atoms with Gasteiger partial charge in [0.2, 0.25) is 0 Å². The fraction of sp³-hybridized carbons (Fsp3) is 0.407. The van der Waals surface area contributed by atoms with E-state index in [1.807, 2.05) is 36.2 Å². The number of hydrogen-bond acceptors (Lipinski definition) is 8. The Kier molecular flexibility index (Phi) is 8.05. The van der Waals surface area contributed by atoms with Crippen molar-refractivity contribution in [3.63, 3.8) is 0 Å².